The lowest BCUT2D eigenvalue weighted by molar-refractivity contribution is -0.121. The van der Waals surface area contributed by atoms with Crippen LogP contribution in [0.2, 0.25) is 10.0 Å². The lowest BCUT2D eigenvalue weighted by atomic mass is 10.2. The summed E-state index contributed by atoms with van der Waals surface area (Å²) in [4.78, 5) is 11.7. The van der Waals surface area contributed by atoms with Gasteiger partial charge in [0, 0.05) is 11.4 Å². The van der Waals surface area contributed by atoms with Crippen molar-refractivity contribution in [3.8, 4) is 5.75 Å². The van der Waals surface area contributed by atoms with Crippen LogP contribution in [0.3, 0.4) is 0 Å². The third-order valence-corrected chi connectivity index (χ3v) is 3.71. The average Bonchev–Trinajstić information content (AvgIpc) is 2.55. The van der Waals surface area contributed by atoms with Crippen molar-refractivity contribution in [2.24, 2.45) is 5.10 Å². The van der Waals surface area contributed by atoms with Gasteiger partial charge in [0.05, 0.1) is 17.8 Å². The Morgan fingerprint density at radius 3 is 2.67 bits per heavy atom. The van der Waals surface area contributed by atoms with Crippen molar-refractivity contribution in [3.63, 3.8) is 0 Å². The summed E-state index contributed by atoms with van der Waals surface area (Å²) >= 11 is 11.8. The normalized spacial score (nSPS) is 10.8. The summed E-state index contributed by atoms with van der Waals surface area (Å²) in [6.07, 6.45) is 2.49. The fourth-order valence-corrected chi connectivity index (χ4v) is 2.36. The van der Waals surface area contributed by atoms with Crippen LogP contribution in [0, 0.1) is 6.92 Å². The van der Waals surface area contributed by atoms with Crippen LogP contribution in [0.4, 0.5) is 0 Å². The maximum atomic E-state index is 11.7. The van der Waals surface area contributed by atoms with Crippen LogP contribution in [-0.2, 0) is 4.79 Å². The summed E-state index contributed by atoms with van der Waals surface area (Å²) in [6.45, 7) is 2.40. The predicted molar refractivity (Wildman–Crippen MR) is 98.1 cm³/mol. The summed E-state index contributed by atoms with van der Waals surface area (Å²) in [7, 11) is 0. The molecule has 4 nitrogen and oxygen atoms in total. The summed E-state index contributed by atoms with van der Waals surface area (Å²) < 4.78 is 5.52. The van der Waals surface area contributed by atoms with Crippen LogP contribution < -0.4 is 10.2 Å². The Labute approximate surface area is 151 Å². The summed E-state index contributed by atoms with van der Waals surface area (Å²) in [5, 5.41) is 4.94. The largest absolute Gasteiger partial charge is 0.492 e. The molecule has 126 valence electrons. The van der Waals surface area contributed by atoms with Gasteiger partial charge >= 0.3 is 0 Å². The second-order valence-electron chi connectivity index (χ2n) is 5.23. The Bertz CT molecular complexity index is 715. The molecule has 0 aromatic heterocycles. The standard InChI is InChI=1S/C18H18Cl2N2O2/c1-13-4-6-14(7-5-13)12-21-22-18(23)3-2-10-24-17-9-8-15(19)11-16(17)20/h4-9,11-12H,2-3,10H2,1H3,(H,22,23)/b21-12-. The van der Waals surface area contributed by atoms with Crippen molar-refractivity contribution in [2.45, 2.75) is 19.8 Å². The van der Waals surface area contributed by atoms with Crippen molar-refractivity contribution < 1.29 is 9.53 Å². The first-order chi connectivity index (χ1) is 11.5. The second kappa shape index (κ2) is 9.30. The third kappa shape index (κ3) is 6.22. The highest BCUT2D eigenvalue weighted by atomic mass is 35.5. The van der Waals surface area contributed by atoms with Gasteiger partial charge in [-0.05, 0) is 37.1 Å². The van der Waals surface area contributed by atoms with Crippen molar-refractivity contribution in [1.82, 2.24) is 5.43 Å². The van der Waals surface area contributed by atoms with Gasteiger partial charge in [-0.25, -0.2) is 5.43 Å². The van der Waals surface area contributed by atoms with E-state index < -0.39 is 0 Å². The monoisotopic (exact) mass is 364 g/mol. The predicted octanol–water partition coefficient (Wildman–Crippen LogP) is 4.61. The zero-order valence-electron chi connectivity index (χ0n) is 13.3. The van der Waals surface area contributed by atoms with Crippen molar-refractivity contribution in [1.29, 1.82) is 0 Å². The molecule has 1 N–H and O–H groups in total. The molecule has 0 bridgehead atoms. The molecule has 0 saturated carbocycles. The molecule has 24 heavy (non-hydrogen) atoms. The number of hydrogen-bond acceptors (Lipinski definition) is 3. The highest BCUT2D eigenvalue weighted by Crippen LogP contribution is 2.27. The van der Waals surface area contributed by atoms with Crippen molar-refractivity contribution in [2.75, 3.05) is 6.61 Å². The van der Waals surface area contributed by atoms with E-state index in [1.54, 1.807) is 24.4 Å². The van der Waals surface area contributed by atoms with Gasteiger partial charge in [0.25, 0.3) is 0 Å². The Morgan fingerprint density at radius 1 is 1.21 bits per heavy atom. The molecule has 0 unspecified atom stereocenters. The number of aryl methyl sites for hydroxylation is 1. The number of amides is 1. The lowest BCUT2D eigenvalue weighted by Gasteiger charge is -2.07. The molecule has 0 aliphatic carbocycles. The first kappa shape index (κ1) is 18.3. The van der Waals surface area contributed by atoms with E-state index in [1.807, 2.05) is 31.2 Å². The molecule has 0 spiro atoms. The molecular weight excluding hydrogens is 347 g/mol. The fraction of sp³-hybridized carbons (Fsp3) is 0.222. The van der Waals surface area contributed by atoms with Crippen LogP contribution >= 0.6 is 23.2 Å². The van der Waals surface area contributed by atoms with Gasteiger partial charge in [0.15, 0.2) is 0 Å². The Kier molecular flexibility index (Phi) is 7.09. The van der Waals surface area contributed by atoms with Gasteiger partial charge in [-0.2, -0.15) is 5.10 Å². The van der Waals surface area contributed by atoms with Crippen LogP contribution in [0.5, 0.6) is 5.75 Å². The van der Waals surface area contributed by atoms with Crippen LogP contribution in [-0.4, -0.2) is 18.7 Å². The maximum Gasteiger partial charge on any atom is 0.240 e. The van der Waals surface area contributed by atoms with E-state index in [4.69, 9.17) is 27.9 Å². The molecule has 6 heteroatoms. The lowest BCUT2D eigenvalue weighted by Crippen LogP contribution is -2.18. The summed E-state index contributed by atoms with van der Waals surface area (Å²) in [5.41, 5.74) is 4.60. The maximum absolute atomic E-state index is 11.7. The first-order valence-corrected chi connectivity index (χ1v) is 8.26. The summed E-state index contributed by atoms with van der Waals surface area (Å²) in [5.74, 6) is 0.392. The van der Waals surface area contributed by atoms with E-state index in [-0.39, 0.29) is 5.91 Å². The molecule has 0 atom stereocenters. The number of hydrogen-bond donors (Lipinski definition) is 1. The molecule has 0 saturated heterocycles. The zero-order chi connectivity index (χ0) is 17.4. The van der Waals surface area contributed by atoms with Crippen LogP contribution in [0.25, 0.3) is 0 Å². The number of nitrogens with zero attached hydrogens (tertiary/aromatic N) is 1. The SMILES string of the molecule is Cc1ccc(/C=N\NC(=O)CCCOc2ccc(Cl)cc2Cl)cc1. The number of nitrogens with one attached hydrogen (secondary N) is 1. The zero-order valence-corrected chi connectivity index (χ0v) is 14.8. The molecule has 2 aromatic carbocycles. The molecule has 2 aromatic rings. The molecule has 0 radical (unpaired) electrons. The van der Waals surface area contributed by atoms with E-state index in [9.17, 15) is 4.79 Å². The molecule has 0 heterocycles. The number of halogens is 2. The summed E-state index contributed by atoms with van der Waals surface area (Å²) in [6, 6.07) is 12.9. The van der Waals surface area contributed by atoms with Gasteiger partial charge < -0.3 is 4.74 Å². The molecule has 0 fully saturated rings. The molecular formula is C18H18Cl2N2O2. The number of carbonyl (C=O) groups is 1. The second-order valence-corrected chi connectivity index (χ2v) is 6.07. The average molecular weight is 365 g/mol. The van der Waals surface area contributed by atoms with Gasteiger partial charge in [-0.15, -0.1) is 0 Å². The number of ether oxygens (including phenoxy) is 1. The molecule has 0 aliphatic rings. The third-order valence-electron chi connectivity index (χ3n) is 3.18. The van der Waals surface area contributed by atoms with E-state index in [1.165, 1.54) is 5.56 Å². The Balaban J connectivity index is 1.67. The van der Waals surface area contributed by atoms with Gasteiger partial charge in [-0.3, -0.25) is 4.79 Å². The smallest absolute Gasteiger partial charge is 0.240 e. The highest BCUT2D eigenvalue weighted by molar-refractivity contribution is 6.35. The van der Waals surface area contributed by atoms with Gasteiger partial charge in [-0.1, -0.05) is 53.0 Å². The minimum Gasteiger partial charge on any atom is -0.492 e. The molecule has 2 rings (SSSR count). The van der Waals surface area contributed by atoms with E-state index in [2.05, 4.69) is 10.5 Å². The quantitative estimate of drug-likeness (QED) is 0.443. The van der Waals surface area contributed by atoms with E-state index >= 15 is 0 Å². The molecule has 0 aliphatic heterocycles. The van der Waals surface area contributed by atoms with E-state index in [0.29, 0.717) is 35.2 Å². The topological polar surface area (TPSA) is 50.7 Å². The van der Waals surface area contributed by atoms with Crippen LogP contribution in [0.1, 0.15) is 24.0 Å². The number of carbonyl (C=O) groups excluding carboxylic acids is 1. The van der Waals surface area contributed by atoms with Gasteiger partial charge in [0.1, 0.15) is 5.75 Å². The number of rotatable bonds is 7. The Hall–Kier alpha value is -2.04. The van der Waals surface area contributed by atoms with Crippen LogP contribution in [0.15, 0.2) is 47.6 Å². The number of hydrazone groups is 1. The van der Waals surface area contributed by atoms with Crippen molar-refractivity contribution in [3.05, 3.63) is 63.6 Å². The minimum atomic E-state index is -0.163. The van der Waals surface area contributed by atoms with Gasteiger partial charge in [0.2, 0.25) is 5.91 Å². The fourth-order valence-electron chi connectivity index (χ4n) is 1.89. The Morgan fingerprint density at radius 2 is 1.96 bits per heavy atom. The first-order valence-electron chi connectivity index (χ1n) is 7.51. The molecule has 1 amide bonds. The van der Waals surface area contributed by atoms with E-state index in [0.717, 1.165) is 5.56 Å². The number of benzene rings is 2. The van der Waals surface area contributed by atoms with Crippen molar-refractivity contribution >= 4 is 35.3 Å². The minimum absolute atomic E-state index is 0.163. The highest BCUT2D eigenvalue weighted by Gasteiger charge is 2.04.